The minimum absolute atomic E-state index is 0.217. The largest absolute Gasteiger partial charge is 0.493 e. The molecule has 1 amide bonds. The van der Waals surface area contributed by atoms with E-state index in [2.05, 4.69) is 32.7 Å². The van der Waals surface area contributed by atoms with Crippen molar-refractivity contribution in [3.8, 4) is 17.2 Å². The molecule has 0 saturated heterocycles. The van der Waals surface area contributed by atoms with E-state index in [9.17, 15) is 4.79 Å². The van der Waals surface area contributed by atoms with Gasteiger partial charge < -0.3 is 19.5 Å². The van der Waals surface area contributed by atoms with Crippen LogP contribution in [0, 0.1) is 0 Å². The van der Waals surface area contributed by atoms with Gasteiger partial charge in [0.25, 0.3) is 5.91 Å². The Labute approximate surface area is 221 Å². The number of rotatable bonds is 10. The Morgan fingerprint density at radius 2 is 1.66 bits per heavy atom. The molecule has 0 spiro atoms. The maximum Gasteiger partial charge on any atom is 0.259 e. The molecular formula is C29H31N5O4. The molecule has 0 aliphatic carbocycles. The maximum atomic E-state index is 12.8. The van der Waals surface area contributed by atoms with Gasteiger partial charge in [-0.1, -0.05) is 35.5 Å². The zero-order chi connectivity index (χ0) is 26.3. The van der Waals surface area contributed by atoms with Crippen LogP contribution in [-0.4, -0.2) is 53.1 Å². The number of carbonyl (C=O) groups is 1. The van der Waals surface area contributed by atoms with Gasteiger partial charge in [-0.25, -0.2) is 0 Å². The average Bonchev–Trinajstić information content (AvgIpc) is 3.42. The third-order valence-corrected chi connectivity index (χ3v) is 6.57. The Kier molecular flexibility index (Phi) is 7.84. The smallest absolute Gasteiger partial charge is 0.259 e. The lowest BCUT2D eigenvalue weighted by atomic mass is 9.99. The van der Waals surface area contributed by atoms with E-state index in [4.69, 9.17) is 14.2 Å². The summed E-state index contributed by atoms with van der Waals surface area (Å²) in [6.45, 7) is 3.59. The predicted octanol–water partition coefficient (Wildman–Crippen LogP) is 4.18. The van der Waals surface area contributed by atoms with Gasteiger partial charge in [0, 0.05) is 25.3 Å². The molecule has 0 saturated carbocycles. The Morgan fingerprint density at radius 3 is 2.45 bits per heavy atom. The van der Waals surface area contributed by atoms with Crippen LogP contribution < -0.4 is 19.5 Å². The molecule has 5 rings (SSSR count). The van der Waals surface area contributed by atoms with Crippen molar-refractivity contribution in [2.24, 2.45) is 0 Å². The second-order valence-electron chi connectivity index (χ2n) is 9.08. The van der Waals surface area contributed by atoms with Crippen molar-refractivity contribution in [3.05, 3.63) is 95.3 Å². The number of methoxy groups -OCH3 is 2. The first-order chi connectivity index (χ1) is 18.6. The third-order valence-electron chi connectivity index (χ3n) is 6.57. The predicted molar refractivity (Wildman–Crippen MR) is 144 cm³/mol. The van der Waals surface area contributed by atoms with Gasteiger partial charge in [-0.2, -0.15) is 0 Å². The molecular weight excluding hydrogens is 482 g/mol. The summed E-state index contributed by atoms with van der Waals surface area (Å²) < 4.78 is 18.7. The molecule has 1 N–H and O–H groups in total. The molecule has 0 fully saturated rings. The number of nitrogens with one attached hydrogen (secondary N) is 1. The van der Waals surface area contributed by atoms with Gasteiger partial charge in [0.15, 0.2) is 11.5 Å². The van der Waals surface area contributed by atoms with E-state index in [0.717, 1.165) is 43.2 Å². The van der Waals surface area contributed by atoms with E-state index in [-0.39, 0.29) is 12.5 Å². The van der Waals surface area contributed by atoms with Crippen LogP contribution in [0.15, 0.2) is 72.9 Å². The van der Waals surface area contributed by atoms with Crippen LogP contribution in [0.3, 0.4) is 0 Å². The fraction of sp³-hybridized carbons (Fsp3) is 0.276. The van der Waals surface area contributed by atoms with Gasteiger partial charge in [-0.15, -0.1) is 5.10 Å². The second kappa shape index (κ2) is 11.8. The number of aromatic nitrogens is 3. The minimum Gasteiger partial charge on any atom is -0.493 e. The molecule has 0 atom stereocenters. The molecule has 0 radical (unpaired) electrons. The van der Waals surface area contributed by atoms with E-state index in [1.807, 2.05) is 53.3 Å². The first-order valence-electron chi connectivity index (χ1n) is 12.6. The second-order valence-corrected chi connectivity index (χ2v) is 9.08. The van der Waals surface area contributed by atoms with Gasteiger partial charge in [-0.3, -0.25) is 14.4 Å². The van der Waals surface area contributed by atoms with Crippen molar-refractivity contribution in [2.45, 2.75) is 26.1 Å². The SMILES string of the molecule is COc1cc2c(cc1OC)CN(CCn1cc(COc3ccccc3C(=O)Nc3ccccc3)nn1)CC2. The molecule has 9 heteroatoms. The van der Waals surface area contributed by atoms with Crippen molar-refractivity contribution < 1.29 is 19.0 Å². The molecule has 2 heterocycles. The number of fused-ring (bicyclic) bond motifs is 1. The molecule has 196 valence electrons. The standard InChI is InChI=1S/C29H31N5O4/c1-36-27-16-21-12-13-33(18-22(21)17-28(27)37-2)14-15-34-19-24(31-32-34)20-38-26-11-7-6-10-25(26)29(35)30-23-8-4-3-5-9-23/h3-11,16-17,19H,12-15,18,20H2,1-2H3,(H,30,35). The molecule has 1 aliphatic heterocycles. The first kappa shape index (κ1) is 25.3. The molecule has 0 unspecified atom stereocenters. The number of para-hydroxylation sites is 2. The van der Waals surface area contributed by atoms with Gasteiger partial charge in [0.05, 0.1) is 32.5 Å². The number of anilines is 1. The highest BCUT2D eigenvalue weighted by Crippen LogP contribution is 2.33. The number of amides is 1. The summed E-state index contributed by atoms with van der Waals surface area (Å²) in [4.78, 5) is 15.2. The Bertz CT molecular complexity index is 1390. The summed E-state index contributed by atoms with van der Waals surface area (Å²) in [5.74, 6) is 1.80. The number of hydrogen-bond acceptors (Lipinski definition) is 7. The van der Waals surface area contributed by atoms with E-state index >= 15 is 0 Å². The summed E-state index contributed by atoms with van der Waals surface area (Å²) in [7, 11) is 3.33. The summed E-state index contributed by atoms with van der Waals surface area (Å²) in [5, 5.41) is 11.4. The highest BCUT2D eigenvalue weighted by molar-refractivity contribution is 6.06. The van der Waals surface area contributed by atoms with Crippen molar-refractivity contribution in [1.29, 1.82) is 0 Å². The zero-order valence-corrected chi connectivity index (χ0v) is 21.6. The summed E-state index contributed by atoms with van der Waals surface area (Å²) in [6, 6.07) is 20.7. The topological polar surface area (TPSA) is 90.7 Å². The number of benzene rings is 3. The monoisotopic (exact) mass is 513 g/mol. The van der Waals surface area contributed by atoms with E-state index in [1.165, 1.54) is 11.1 Å². The van der Waals surface area contributed by atoms with Crippen molar-refractivity contribution >= 4 is 11.6 Å². The van der Waals surface area contributed by atoms with Crippen molar-refractivity contribution in [1.82, 2.24) is 19.9 Å². The third kappa shape index (κ3) is 5.95. The first-order valence-corrected chi connectivity index (χ1v) is 12.6. The zero-order valence-electron chi connectivity index (χ0n) is 21.6. The van der Waals surface area contributed by atoms with Crippen molar-refractivity contribution in [3.63, 3.8) is 0 Å². The van der Waals surface area contributed by atoms with Crippen LogP contribution in [-0.2, 0) is 26.1 Å². The van der Waals surface area contributed by atoms with Crippen LogP contribution in [0.4, 0.5) is 5.69 Å². The van der Waals surface area contributed by atoms with Gasteiger partial charge in [0.2, 0.25) is 0 Å². The lowest BCUT2D eigenvalue weighted by Crippen LogP contribution is -2.33. The van der Waals surface area contributed by atoms with Crippen LogP contribution >= 0.6 is 0 Å². The maximum absolute atomic E-state index is 12.8. The van der Waals surface area contributed by atoms with Gasteiger partial charge in [-0.05, 0) is 53.9 Å². The highest BCUT2D eigenvalue weighted by Gasteiger charge is 2.19. The average molecular weight is 514 g/mol. The fourth-order valence-electron chi connectivity index (χ4n) is 4.54. The summed E-state index contributed by atoms with van der Waals surface area (Å²) >= 11 is 0. The van der Waals surface area contributed by atoms with E-state index in [1.54, 1.807) is 26.4 Å². The lowest BCUT2D eigenvalue weighted by Gasteiger charge is -2.29. The minimum atomic E-state index is -0.227. The summed E-state index contributed by atoms with van der Waals surface area (Å²) in [6.07, 6.45) is 2.85. The van der Waals surface area contributed by atoms with E-state index in [0.29, 0.717) is 23.6 Å². The van der Waals surface area contributed by atoms with Gasteiger partial charge >= 0.3 is 0 Å². The quantitative estimate of drug-likeness (QED) is 0.340. The number of ether oxygens (including phenoxy) is 3. The van der Waals surface area contributed by atoms with Crippen molar-refractivity contribution in [2.75, 3.05) is 32.6 Å². The van der Waals surface area contributed by atoms with Crippen LogP contribution in [0.2, 0.25) is 0 Å². The molecule has 9 nitrogen and oxygen atoms in total. The molecule has 38 heavy (non-hydrogen) atoms. The molecule has 4 aromatic rings. The molecule has 3 aromatic carbocycles. The van der Waals surface area contributed by atoms with Crippen LogP contribution in [0.5, 0.6) is 17.2 Å². The van der Waals surface area contributed by atoms with E-state index < -0.39 is 0 Å². The lowest BCUT2D eigenvalue weighted by molar-refractivity contribution is 0.102. The fourth-order valence-corrected chi connectivity index (χ4v) is 4.54. The molecule has 1 aromatic heterocycles. The Hall–Kier alpha value is -4.37. The summed E-state index contributed by atoms with van der Waals surface area (Å²) in [5.41, 5.74) is 4.45. The Morgan fingerprint density at radius 1 is 0.921 bits per heavy atom. The van der Waals surface area contributed by atoms with Crippen LogP contribution in [0.25, 0.3) is 0 Å². The number of nitrogens with zero attached hydrogens (tertiary/aromatic N) is 4. The highest BCUT2D eigenvalue weighted by atomic mass is 16.5. The number of carbonyl (C=O) groups excluding carboxylic acids is 1. The molecule has 0 bridgehead atoms. The molecule has 1 aliphatic rings. The number of hydrogen-bond donors (Lipinski definition) is 1. The Balaban J connectivity index is 1.15. The normalized spacial score (nSPS) is 13.0. The van der Waals surface area contributed by atoms with Gasteiger partial charge in [0.1, 0.15) is 18.1 Å². The van der Waals surface area contributed by atoms with Crippen LogP contribution in [0.1, 0.15) is 27.2 Å².